The lowest BCUT2D eigenvalue weighted by Gasteiger charge is -2.16. The van der Waals surface area contributed by atoms with E-state index >= 15 is 0 Å². The first-order valence-corrected chi connectivity index (χ1v) is 14.0. The van der Waals surface area contributed by atoms with Crippen LogP contribution in [0.5, 0.6) is 5.75 Å². The number of aryl methyl sites for hydroxylation is 2. The third-order valence-electron chi connectivity index (χ3n) is 5.70. The van der Waals surface area contributed by atoms with Crippen LogP contribution in [0.2, 0.25) is 5.02 Å². The van der Waals surface area contributed by atoms with Crippen molar-refractivity contribution in [1.82, 2.24) is 0 Å². The second-order valence-electron chi connectivity index (χ2n) is 8.19. The fourth-order valence-electron chi connectivity index (χ4n) is 4.02. The van der Waals surface area contributed by atoms with Crippen molar-refractivity contribution in [3.05, 3.63) is 69.5 Å². The lowest BCUT2D eigenvalue weighted by Crippen LogP contribution is -2.36. The first-order valence-electron chi connectivity index (χ1n) is 11.2. The summed E-state index contributed by atoms with van der Waals surface area (Å²) in [5.74, 6) is 1.14. The van der Waals surface area contributed by atoms with Crippen LogP contribution in [0.3, 0.4) is 0 Å². The molecule has 0 amide bonds. The molecule has 0 unspecified atom stereocenters. The van der Waals surface area contributed by atoms with Crippen molar-refractivity contribution >= 4 is 55.0 Å². The molecule has 1 aliphatic rings. The van der Waals surface area contributed by atoms with Crippen LogP contribution in [0.25, 0.3) is 16.3 Å². The standard InChI is InChI=1S/C25H27ClN2O4S2/c1-4-18(14-24-27(5-2)20-16-19(26)8-9-22(20)32-24)15-25-28(11-6-12-34(29,30)31)21-13-17(3)7-10-23(21)33-25/h7-10,13-16H,4-6,11-12H2,1-3H3. The second kappa shape index (κ2) is 10.1. The van der Waals surface area contributed by atoms with Crippen LogP contribution in [-0.2, 0) is 16.7 Å². The summed E-state index contributed by atoms with van der Waals surface area (Å²) in [5.41, 5.74) is 4.18. The molecule has 0 radical (unpaired) electrons. The van der Waals surface area contributed by atoms with Gasteiger partial charge in [0.1, 0.15) is 4.70 Å². The molecule has 2 heterocycles. The van der Waals surface area contributed by atoms with Crippen molar-refractivity contribution in [2.45, 2.75) is 40.2 Å². The molecule has 1 aliphatic heterocycles. The molecule has 0 atom stereocenters. The van der Waals surface area contributed by atoms with Crippen molar-refractivity contribution in [2.75, 3.05) is 17.2 Å². The second-order valence-corrected chi connectivity index (χ2v) is 11.2. The van der Waals surface area contributed by atoms with E-state index in [-0.39, 0.29) is 12.2 Å². The molecule has 4 rings (SSSR count). The molecule has 1 aromatic heterocycles. The van der Waals surface area contributed by atoms with Gasteiger partial charge < -0.3 is 14.2 Å². The topological polar surface area (TPSA) is 73.5 Å². The highest BCUT2D eigenvalue weighted by Crippen LogP contribution is 2.41. The fourth-order valence-corrected chi connectivity index (χ4v) is 5.81. The highest BCUT2D eigenvalue weighted by molar-refractivity contribution is 7.85. The van der Waals surface area contributed by atoms with E-state index in [1.54, 1.807) is 11.3 Å². The molecule has 6 nitrogen and oxygen atoms in total. The summed E-state index contributed by atoms with van der Waals surface area (Å²) in [6.07, 6.45) is 5.21. The van der Waals surface area contributed by atoms with Gasteiger partial charge >= 0.3 is 0 Å². The molecule has 34 heavy (non-hydrogen) atoms. The number of allylic oxidation sites excluding steroid dienone is 2. The Hall–Kier alpha value is -2.39. The van der Waals surface area contributed by atoms with Gasteiger partial charge in [-0.1, -0.05) is 35.9 Å². The van der Waals surface area contributed by atoms with Gasteiger partial charge in [0.15, 0.2) is 12.3 Å². The van der Waals surface area contributed by atoms with Gasteiger partial charge in [0.25, 0.3) is 5.01 Å². The van der Waals surface area contributed by atoms with Crippen LogP contribution < -0.4 is 14.2 Å². The average Bonchev–Trinajstić information content (AvgIpc) is 3.29. The number of benzene rings is 2. The summed E-state index contributed by atoms with van der Waals surface area (Å²) in [6.45, 7) is 7.37. The molecule has 180 valence electrons. The van der Waals surface area contributed by atoms with Crippen molar-refractivity contribution in [1.29, 1.82) is 0 Å². The zero-order chi connectivity index (χ0) is 24.5. The van der Waals surface area contributed by atoms with Gasteiger partial charge in [-0.15, -0.1) is 0 Å². The molecule has 0 N–H and O–H groups in total. The predicted octanol–water partition coefficient (Wildman–Crippen LogP) is 5.64. The highest BCUT2D eigenvalue weighted by atomic mass is 35.5. The SMILES string of the molecule is CCC(/C=C1\Oc2ccc(Cl)cc2N1CC)=C\c1sc2ccc(C)cc2[n+]1CCCS(=O)(=O)[O-]. The van der Waals surface area contributed by atoms with E-state index < -0.39 is 10.1 Å². The summed E-state index contributed by atoms with van der Waals surface area (Å²) in [6, 6.07) is 11.8. The number of nitrogens with zero attached hydrogens (tertiary/aromatic N) is 2. The molecule has 3 aromatic rings. The van der Waals surface area contributed by atoms with Crippen molar-refractivity contribution in [3.63, 3.8) is 0 Å². The smallest absolute Gasteiger partial charge is 0.263 e. The van der Waals surface area contributed by atoms with Gasteiger partial charge in [0.05, 0.1) is 15.8 Å². The van der Waals surface area contributed by atoms with Crippen LogP contribution in [0.15, 0.2) is 53.9 Å². The first-order chi connectivity index (χ1) is 16.2. The lowest BCUT2D eigenvalue weighted by molar-refractivity contribution is -0.668. The zero-order valence-corrected chi connectivity index (χ0v) is 21.8. The molecule has 0 fully saturated rings. The van der Waals surface area contributed by atoms with E-state index in [1.807, 2.05) is 31.2 Å². The summed E-state index contributed by atoms with van der Waals surface area (Å²) < 4.78 is 42.8. The first kappa shape index (κ1) is 24.7. The average molecular weight is 519 g/mol. The molecule has 0 aliphatic carbocycles. The van der Waals surface area contributed by atoms with Gasteiger partial charge in [0.2, 0.25) is 11.4 Å². The van der Waals surface area contributed by atoms with E-state index in [2.05, 4.69) is 47.6 Å². The van der Waals surface area contributed by atoms with E-state index in [4.69, 9.17) is 16.3 Å². The number of hydrogen-bond donors (Lipinski definition) is 0. The summed E-state index contributed by atoms with van der Waals surface area (Å²) in [7, 11) is -4.25. The minimum absolute atomic E-state index is 0.266. The third kappa shape index (κ3) is 5.46. The Kier molecular flexibility index (Phi) is 7.33. The van der Waals surface area contributed by atoms with Crippen LogP contribution in [-0.4, -0.2) is 25.3 Å². The number of thiazole rings is 1. The highest BCUT2D eigenvalue weighted by Gasteiger charge is 2.26. The summed E-state index contributed by atoms with van der Waals surface area (Å²) in [4.78, 5) is 2.09. The van der Waals surface area contributed by atoms with Gasteiger partial charge in [-0.2, -0.15) is 4.57 Å². The number of rotatable bonds is 8. The molecule has 0 bridgehead atoms. The number of halogens is 1. The van der Waals surface area contributed by atoms with E-state index in [0.717, 1.165) is 56.6 Å². The summed E-state index contributed by atoms with van der Waals surface area (Å²) in [5, 5.41) is 1.66. The monoisotopic (exact) mass is 518 g/mol. The number of fused-ring (bicyclic) bond motifs is 2. The minimum Gasteiger partial charge on any atom is -0.748 e. The van der Waals surface area contributed by atoms with Crippen molar-refractivity contribution in [2.24, 2.45) is 0 Å². The Morgan fingerprint density at radius 2 is 2.03 bits per heavy atom. The number of hydrogen-bond acceptors (Lipinski definition) is 6. The van der Waals surface area contributed by atoms with Crippen LogP contribution in [0.4, 0.5) is 5.69 Å². The Bertz CT molecular complexity index is 1390. The van der Waals surface area contributed by atoms with Gasteiger partial charge in [-0.05, 0) is 55.7 Å². The molecule has 2 aromatic carbocycles. The Morgan fingerprint density at radius 1 is 1.24 bits per heavy atom. The molecule has 0 saturated carbocycles. The molecule has 9 heteroatoms. The number of ether oxygens (including phenoxy) is 1. The molecular weight excluding hydrogens is 492 g/mol. The third-order valence-corrected chi connectivity index (χ3v) is 7.83. The van der Waals surface area contributed by atoms with Gasteiger partial charge in [-0.3, -0.25) is 0 Å². The fraction of sp³-hybridized carbons (Fsp3) is 0.320. The maximum absolute atomic E-state index is 11.1. The Labute approximate surface area is 209 Å². The maximum Gasteiger partial charge on any atom is 0.263 e. The molecule has 0 saturated heterocycles. The Balaban J connectivity index is 1.72. The van der Waals surface area contributed by atoms with Gasteiger partial charge in [-0.25, -0.2) is 8.42 Å². The molecular formula is C25H27ClN2O4S2. The van der Waals surface area contributed by atoms with E-state index in [1.165, 1.54) is 0 Å². The number of aromatic nitrogens is 1. The largest absolute Gasteiger partial charge is 0.748 e. The molecule has 0 spiro atoms. The normalized spacial score (nSPS) is 15.3. The van der Waals surface area contributed by atoms with Crippen LogP contribution in [0, 0.1) is 6.92 Å². The van der Waals surface area contributed by atoms with Crippen molar-refractivity contribution in [3.8, 4) is 5.75 Å². The predicted molar refractivity (Wildman–Crippen MR) is 137 cm³/mol. The van der Waals surface area contributed by atoms with Gasteiger partial charge in [0, 0.05) is 42.0 Å². The minimum atomic E-state index is -4.25. The Morgan fingerprint density at radius 3 is 2.74 bits per heavy atom. The van der Waals surface area contributed by atoms with E-state index in [0.29, 0.717) is 11.6 Å². The summed E-state index contributed by atoms with van der Waals surface area (Å²) >= 11 is 7.84. The van der Waals surface area contributed by atoms with Crippen LogP contribution in [0.1, 0.15) is 37.3 Å². The lowest BCUT2D eigenvalue weighted by atomic mass is 10.2. The van der Waals surface area contributed by atoms with Crippen LogP contribution >= 0.6 is 22.9 Å². The zero-order valence-electron chi connectivity index (χ0n) is 19.4. The maximum atomic E-state index is 11.1. The number of anilines is 1. The van der Waals surface area contributed by atoms with E-state index in [9.17, 15) is 13.0 Å². The van der Waals surface area contributed by atoms with Crippen molar-refractivity contribution < 1.29 is 22.3 Å². The quantitative estimate of drug-likeness (QED) is 0.285.